The maximum atomic E-state index is 12.0. The van der Waals surface area contributed by atoms with Gasteiger partial charge in [-0.2, -0.15) is 0 Å². The second kappa shape index (κ2) is 8.10. The van der Waals surface area contributed by atoms with Crippen LogP contribution in [0.5, 0.6) is 5.75 Å². The van der Waals surface area contributed by atoms with Crippen LogP contribution in [0.1, 0.15) is 11.1 Å². The van der Waals surface area contributed by atoms with Gasteiger partial charge in [-0.15, -0.1) is 0 Å². The standard InChI is InChI=1S/C18H13Br2IN2O3/c1-23-17(24)15(22-18(23)25)8-11-6-13(19)16(14(20)7-11)26-9-10-2-4-12(21)5-3-10/h2-8H,9H2,1H3,(H,22,25)/b15-8+. The van der Waals surface area contributed by atoms with Gasteiger partial charge in [-0.1, -0.05) is 12.1 Å². The molecule has 0 bridgehead atoms. The summed E-state index contributed by atoms with van der Waals surface area (Å²) in [6, 6.07) is 11.3. The first-order chi connectivity index (χ1) is 12.3. The number of likely N-dealkylation sites (N-methyl/N-ethyl adjacent to an activating group) is 1. The molecule has 1 fully saturated rings. The van der Waals surface area contributed by atoms with E-state index in [1.807, 2.05) is 36.4 Å². The first-order valence-electron chi connectivity index (χ1n) is 7.52. The highest BCUT2D eigenvalue weighted by atomic mass is 127. The molecule has 1 N–H and O–H groups in total. The van der Waals surface area contributed by atoms with Gasteiger partial charge in [-0.05, 0) is 95.9 Å². The predicted octanol–water partition coefficient (Wildman–Crippen LogP) is 4.92. The zero-order valence-electron chi connectivity index (χ0n) is 13.6. The number of nitrogens with one attached hydrogen (secondary N) is 1. The second-order valence-electron chi connectivity index (χ2n) is 5.58. The molecule has 2 aromatic rings. The number of benzene rings is 2. The normalized spacial score (nSPS) is 15.5. The van der Waals surface area contributed by atoms with Crippen molar-refractivity contribution in [3.8, 4) is 5.75 Å². The summed E-state index contributed by atoms with van der Waals surface area (Å²) in [7, 11) is 1.44. The number of nitrogens with zero attached hydrogens (tertiary/aromatic N) is 1. The Hall–Kier alpha value is -1.39. The first kappa shape index (κ1) is 19.4. The van der Waals surface area contributed by atoms with E-state index in [0.29, 0.717) is 12.4 Å². The quantitative estimate of drug-likeness (QED) is 0.312. The molecule has 0 atom stereocenters. The van der Waals surface area contributed by atoms with Gasteiger partial charge in [0.2, 0.25) is 0 Å². The molecule has 0 aromatic heterocycles. The molecule has 1 saturated heterocycles. The molecule has 3 rings (SSSR count). The summed E-state index contributed by atoms with van der Waals surface area (Å²) in [5, 5.41) is 2.54. The van der Waals surface area contributed by atoms with E-state index in [2.05, 4.69) is 59.8 Å². The van der Waals surface area contributed by atoms with Crippen LogP contribution in [0.15, 0.2) is 51.0 Å². The van der Waals surface area contributed by atoms with Gasteiger partial charge in [0.1, 0.15) is 18.1 Å². The molecule has 134 valence electrons. The van der Waals surface area contributed by atoms with Crippen LogP contribution in [0.2, 0.25) is 0 Å². The Bertz CT molecular complexity index is 890. The van der Waals surface area contributed by atoms with Crippen molar-refractivity contribution in [2.24, 2.45) is 0 Å². The van der Waals surface area contributed by atoms with E-state index in [-0.39, 0.29) is 11.6 Å². The highest BCUT2D eigenvalue weighted by Crippen LogP contribution is 2.36. The van der Waals surface area contributed by atoms with Crippen molar-refractivity contribution in [1.82, 2.24) is 10.2 Å². The summed E-state index contributed by atoms with van der Waals surface area (Å²) in [6.45, 7) is 0.438. The molecule has 2 aromatic carbocycles. The van der Waals surface area contributed by atoms with Gasteiger partial charge in [0.25, 0.3) is 5.91 Å². The Balaban J connectivity index is 1.79. The maximum absolute atomic E-state index is 12.0. The van der Waals surface area contributed by atoms with E-state index in [4.69, 9.17) is 4.74 Å². The number of carbonyl (C=O) groups excluding carboxylic acids is 2. The van der Waals surface area contributed by atoms with Gasteiger partial charge in [0.15, 0.2) is 0 Å². The van der Waals surface area contributed by atoms with Crippen LogP contribution in [0.4, 0.5) is 4.79 Å². The molecule has 0 radical (unpaired) electrons. The lowest BCUT2D eigenvalue weighted by molar-refractivity contribution is -0.121. The third-order valence-corrected chi connectivity index (χ3v) is 5.61. The van der Waals surface area contributed by atoms with Gasteiger partial charge in [0.05, 0.1) is 8.95 Å². The van der Waals surface area contributed by atoms with Crippen molar-refractivity contribution in [1.29, 1.82) is 0 Å². The molecule has 1 aliphatic rings. The maximum Gasteiger partial charge on any atom is 0.328 e. The van der Waals surface area contributed by atoms with Crippen molar-refractivity contribution >= 4 is 72.5 Å². The topological polar surface area (TPSA) is 58.6 Å². The lowest BCUT2D eigenvalue weighted by Crippen LogP contribution is -2.25. The average Bonchev–Trinajstić information content (AvgIpc) is 2.83. The van der Waals surface area contributed by atoms with Crippen LogP contribution in [0.3, 0.4) is 0 Å². The number of carbonyl (C=O) groups is 2. The monoisotopic (exact) mass is 590 g/mol. The van der Waals surface area contributed by atoms with Gasteiger partial charge >= 0.3 is 6.03 Å². The Morgan fingerprint density at radius 2 is 1.77 bits per heavy atom. The molecular formula is C18H13Br2IN2O3. The van der Waals surface area contributed by atoms with Crippen LogP contribution in [-0.4, -0.2) is 23.9 Å². The molecule has 1 aliphatic heterocycles. The number of rotatable bonds is 4. The van der Waals surface area contributed by atoms with Crippen molar-refractivity contribution in [3.05, 3.63) is 65.7 Å². The summed E-state index contributed by atoms with van der Waals surface area (Å²) >= 11 is 9.27. The minimum atomic E-state index is -0.433. The molecule has 5 nitrogen and oxygen atoms in total. The van der Waals surface area contributed by atoms with Crippen molar-refractivity contribution in [2.45, 2.75) is 6.61 Å². The van der Waals surface area contributed by atoms with Gasteiger partial charge in [0, 0.05) is 10.6 Å². The number of hydrogen-bond donors (Lipinski definition) is 1. The SMILES string of the molecule is CN1C(=O)N/C(=C/c2cc(Br)c(OCc3ccc(I)cc3)c(Br)c2)C1=O. The molecule has 0 spiro atoms. The smallest absolute Gasteiger partial charge is 0.328 e. The van der Waals surface area contributed by atoms with Crippen molar-refractivity contribution < 1.29 is 14.3 Å². The second-order valence-corrected chi connectivity index (χ2v) is 8.54. The molecule has 26 heavy (non-hydrogen) atoms. The van der Waals surface area contributed by atoms with Crippen molar-refractivity contribution in [3.63, 3.8) is 0 Å². The van der Waals surface area contributed by atoms with E-state index in [1.54, 1.807) is 6.08 Å². The molecule has 8 heteroatoms. The van der Waals surface area contributed by atoms with Crippen molar-refractivity contribution in [2.75, 3.05) is 7.05 Å². The van der Waals surface area contributed by atoms with Crippen LogP contribution in [0.25, 0.3) is 6.08 Å². The summed E-state index contributed by atoms with van der Waals surface area (Å²) in [5.41, 5.74) is 2.06. The Morgan fingerprint density at radius 3 is 2.31 bits per heavy atom. The summed E-state index contributed by atoms with van der Waals surface area (Å²) < 4.78 is 8.57. The number of hydrogen-bond acceptors (Lipinski definition) is 3. The zero-order chi connectivity index (χ0) is 18.8. The van der Waals surface area contributed by atoms with Gasteiger partial charge in [-0.25, -0.2) is 4.79 Å². The number of imide groups is 1. The van der Waals surface area contributed by atoms with E-state index in [9.17, 15) is 9.59 Å². The van der Waals surface area contributed by atoms with E-state index in [0.717, 1.165) is 25.0 Å². The van der Waals surface area contributed by atoms with Crippen LogP contribution in [-0.2, 0) is 11.4 Å². The average molecular weight is 592 g/mol. The highest BCUT2D eigenvalue weighted by Gasteiger charge is 2.30. The summed E-state index contributed by atoms with van der Waals surface area (Å²) in [5.74, 6) is 0.311. The van der Waals surface area contributed by atoms with E-state index >= 15 is 0 Å². The number of ether oxygens (including phenoxy) is 1. The Kier molecular flexibility index (Phi) is 6.03. The lowest BCUT2D eigenvalue weighted by atomic mass is 10.2. The molecule has 0 aliphatic carbocycles. The fourth-order valence-electron chi connectivity index (χ4n) is 2.33. The minimum Gasteiger partial charge on any atom is -0.487 e. The molecule has 3 amide bonds. The van der Waals surface area contributed by atoms with Crippen LogP contribution in [0, 0.1) is 3.57 Å². The third-order valence-electron chi connectivity index (χ3n) is 3.71. The lowest BCUT2D eigenvalue weighted by Gasteiger charge is -2.12. The highest BCUT2D eigenvalue weighted by molar-refractivity contribution is 14.1. The minimum absolute atomic E-state index is 0.240. The van der Waals surface area contributed by atoms with E-state index in [1.165, 1.54) is 10.6 Å². The van der Waals surface area contributed by atoms with Gasteiger partial charge in [-0.3, -0.25) is 9.69 Å². The Labute approximate surface area is 181 Å². The third kappa shape index (κ3) is 4.29. The Morgan fingerprint density at radius 1 is 1.15 bits per heavy atom. The van der Waals surface area contributed by atoms with Crippen LogP contribution >= 0.6 is 54.5 Å². The summed E-state index contributed by atoms with van der Waals surface area (Å²) in [6.07, 6.45) is 1.63. The number of urea groups is 1. The summed E-state index contributed by atoms with van der Waals surface area (Å²) in [4.78, 5) is 24.5. The predicted molar refractivity (Wildman–Crippen MR) is 115 cm³/mol. The van der Waals surface area contributed by atoms with E-state index < -0.39 is 6.03 Å². The number of amides is 3. The number of halogens is 3. The first-order valence-corrected chi connectivity index (χ1v) is 10.2. The largest absolute Gasteiger partial charge is 0.487 e. The molecule has 1 heterocycles. The molecular weight excluding hydrogens is 579 g/mol. The molecule has 0 unspecified atom stereocenters. The molecule has 0 saturated carbocycles. The fourth-order valence-corrected chi connectivity index (χ4v) is 4.14. The fraction of sp³-hybridized carbons (Fsp3) is 0.111. The zero-order valence-corrected chi connectivity index (χ0v) is 18.9. The van der Waals surface area contributed by atoms with Crippen LogP contribution < -0.4 is 10.1 Å². The van der Waals surface area contributed by atoms with Gasteiger partial charge < -0.3 is 10.1 Å².